The van der Waals surface area contributed by atoms with Gasteiger partial charge in [0, 0.05) is 49.9 Å². The van der Waals surface area contributed by atoms with E-state index in [1.165, 1.54) is 10.3 Å². The van der Waals surface area contributed by atoms with Crippen LogP contribution in [-0.4, -0.2) is 46.3 Å². The van der Waals surface area contributed by atoms with Gasteiger partial charge in [0.15, 0.2) is 5.76 Å². The summed E-state index contributed by atoms with van der Waals surface area (Å²) in [7, 11) is 0. The van der Waals surface area contributed by atoms with Gasteiger partial charge in [0.1, 0.15) is 5.75 Å². The third-order valence-electron chi connectivity index (χ3n) is 5.43. The van der Waals surface area contributed by atoms with E-state index in [9.17, 15) is 0 Å². The Morgan fingerprint density at radius 3 is 2.63 bits per heavy atom. The zero-order valence-electron chi connectivity index (χ0n) is 17.2. The van der Waals surface area contributed by atoms with Gasteiger partial charge in [0.2, 0.25) is 0 Å². The molecule has 2 aromatic carbocycles. The second-order valence-electron chi connectivity index (χ2n) is 7.60. The lowest BCUT2D eigenvalue weighted by atomic mass is 10.1. The van der Waals surface area contributed by atoms with Crippen LogP contribution in [0, 0.1) is 13.8 Å². The third-order valence-corrected chi connectivity index (χ3v) is 6.39. The van der Waals surface area contributed by atoms with Crippen molar-refractivity contribution in [2.75, 3.05) is 26.2 Å². The summed E-state index contributed by atoms with van der Waals surface area (Å²) in [5.41, 5.74) is 4.20. The SMILES string of the molecule is Cc1nc2cc(ON3CCN(Cc4c(C)noc4-c4ccccc4)CC3)ccc2s1. The highest BCUT2D eigenvalue weighted by Gasteiger charge is 2.22. The maximum Gasteiger partial charge on any atom is 0.171 e. The monoisotopic (exact) mass is 420 g/mol. The summed E-state index contributed by atoms with van der Waals surface area (Å²) < 4.78 is 6.84. The molecular weight excluding hydrogens is 396 g/mol. The quantitative estimate of drug-likeness (QED) is 0.467. The van der Waals surface area contributed by atoms with Gasteiger partial charge >= 0.3 is 0 Å². The van der Waals surface area contributed by atoms with Gasteiger partial charge in [-0.25, -0.2) is 4.98 Å². The van der Waals surface area contributed by atoms with Crippen LogP contribution in [0.25, 0.3) is 21.5 Å². The minimum absolute atomic E-state index is 0.831. The molecule has 1 saturated heterocycles. The smallest absolute Gasteiger partial charge is 0.171 e. The number of hydroxylamine groups is 2. The molecule has 0 saturated carbocycles. The first-order chi connectivity index (χ1) is 14.7. The van der Waals surface area contributed by atoms with Crippen LogP contribution < -0.4 is 4.84 Å². The van der Waals surface area contributed by atoms with Gasteiger partial charge < -0.3 is 9.36 Å². The van der Waals surface area contributed by atoms with E-state index >= 15 is 0 Å². The number of aryl methyl sites for hydroxylation is 2. The van der Waals surface area contributed by atoms with Gasteiger partial charge in [-0.05, 0) is 26.0 Å². The maximum atomic E-state index is 6.11. The summed E-state index contributed by atoms with van der Waals surface area (Å²) in [5, 5.41) is 7.33. The average Bonchev–Trinajstić information content (AvgIpc) is 3.31. The summed E-state index contributed by atoms with van der Waals surface area (Å²) in [6.45, 7) is 8.43. The van der Waals surface area contributed by atoms with Crippen LogP contribution in [0.5, 0.6) is 5.75 Å². The second kappa shape index (κ2) is 8.18. The molecule has 1 fully saturated rings. The predicted molar refractivity (Wildman–Crippen MR) is 119 cm³/mol. The molecule has 1 aliphatic heterocycles. The largest absolute Gasteiger partial charge is 0.406 e. The van der Waals surface area contributed by atoms with E-state index in [-0.39, 0.29) is 0 Å². The van der Waals surface area contributed by atoms with E-state index < -0.39 is 0 Å². The van der Waals surface area contributed by atoms with Gasteiger partial charge in [0.05, 0.1) is 20.9 Å². The van der Waals surface area contributed by atoms with Gasteiger partial charge in [-0.2, -0.15) is 0 Å². The lowest BCUT2D eigenvalue weighted by Crippen LogP contribution is -2.47. The molecule has 0 N–H and O–H groups in total. The number of fused-ring (bicyclic) bond motifs is 1. The minimum atomic E-state index is 0.831. The number of piperazine rings is 1. The average molecular weight is 421 g/mol. The molecule has 3 heterocycles. The van der Waals surface area contributed by atoms with Crippen LogP contribution in [0.4, 0.5) is 0 Å². The normalized spacial score (nSPS) is 15.7. The highest BCUT2D eigenvalue weighted by atomic mass is 32.1. The zero-order valence-corrected chi connectivity index (χ0v) is 18.0. The predicted octanol–water partition coefficient (Wildman–Crippen LogP) is 4.68. The van der Waals surface area contributed by atoms with Crippen molar-refractivity contribution in [1.29, 1.82) is 0 Å². The fourth-order valence-electron chi connectivity index (χ4n) is 3.82. The molecule has 154 valence electrons. The number of benzene rings is 2. The summed E-state index contributed by atoms with van der Waals surface area (Å²) in [5.74, 6) is 1.72. The Hall–Kier alpha value is -2.74. The van der Waals surface area contributed by atoms with Gasteiger partial charge in [-0.15, -0.1) is 16.4 Å². The van der Waals surface area contributed by atoms with Crippen molar-refractivity contribution in [3.8, 4) is 17.1 Å². The first-order valence-corrected chi connectivity index (χ1v) is 11.0. The van der Waals surface area contributed by atoms with E-state index in [2.05, 4.69) is 33.2 Å². The molecule has 0 radical (unpaired) electrons. The maximum absolute atomic E-state index is 6.11. The van der Waals surface area contributed by atoms with Crippen molar-refractivity contribution in [3.63, 3.8) is 0 Å². The van der Waals surface area contributed by atoms with Crippen LogP contribution in [0.3, 0.4) is 0 Å². The molecule has 5 rings (SSSR count). The van der Waals surface area contributed by atoms with Crippen molar-refractivity contribution in [2.24, 2.45) is 0 Å². The van der Waals surface area contributed by atoms with Gasteiger partial charge in [0.25, 0.3) is 0 Å². The first-order valence-electron chi connectivity index (χ1n) is 10.2. The number of thiazole rings is 1. The van der Waals surface area contributed by atoms with Crippen LogP contribution in [0.1, 0.15) is 16.3 Å². The van der Waals surface area contributed by atoms with E-state index in [4.69, 9.17) is 9.36 Å². The Kier molecular flexibility index (Phi) is 5.25. The van der Waals surface area contributed by atoms with Gasteiger partial charge in [-0.3, -0.25) is 4.90 Å². The molecular formula is C23H24N4O2S. The summed E-state index contributed by atoms with van der Waals surface area (Å²) in [4.78, 5) is 13.1. The third kappa shape index (κ3) is 3.96. The van der Waals surface area contributed by atoms with E-state index in [1.807, 2.05) is 49.2 Å². The summed E-state index contributed by atoms with van der Waals surface area (Å²) in [6, 6.07) is 16.3. The number of nitrogens with zero attached hydrogens (tertiary/aromatic N) is 4. The van der Waals surface area contributed by atoms with Crippen LogP contribution in [0.2, 0.25) is 0 Å². The van der Waals surface area contributed by atoms with Crippen molar-refractivity contribution >= 4 is 21.6 Å². The minimum Gasteiger partial charge on any atom is -0.406 e. The first kappa shape index (κ1) is 19.2. The molecule has 0 unspecified atom stereocenters. The molecule has 6 nitrogen and oxygen atoms in total. The number of hydrogen-bond acceptors (Lipinski definition) is 7. The lowest BCUT2D eigenvalue weighted by molar-refractivity contribution is -0.0895. The van der Waals surface area contributed by atoms with Crippen LogP contribution in [-0.2, 0) is 6.54 Å². The highest BCUT2D eigenvalue weighted by molar-refractivity contribution is 7.18. The van der Waals surface area contributed by atoms with Crippen LogP contribution >= 0.6 is 11.3 Å². The Balaban J connectivity index is 1.22. The van der Waals surface area contributed by atoms with E-state index in [1.54, 1.807) is 11.3 Å². The Morgan fingerprint density at radius 1 is 1.03 bits per heavy atom. The van der Waals surface area contributed by atoms with Crippen molar-refractivity contribution < 1.29 is 9.36 Å². The fraction of sp³-hybridized carbons (Fsp3) is 0.304. The molecule has 4 aromatic rings. The van der Waals surface area contributed by atoms with E-state index in [0.29, 0.717) is 0 Å². The molecule has 0 aliphatic carbocycles. The molecule has 7 heteroatoms. The van der Waals surface area contributed by atoms with Gasteiger partial charge in [-0.1, -0.05) is 35.5 Å². The summed E-state index contributed by atoms with van der Waals surface area (Å²) in [6.07, 6.45) is 0. The number of hydrogen-bond donors (Lipinski definition) is 0. The molecule has 2 aromatic heterocycles. The molecule has 1 aliphatic rings. The highest BCUT2D eigenvalue weighted by Crippen LogP contribution is 2.28. The zero-order chi connectivity index (χ0) is 20.5. The van der Waals surface area contributed by atoms with Crippen molar-refractivity contribution in [1.82, 2.24) is 20.1 Å². The Labute approximate surface area is 179 Å². The fourth-order valence-corrected chi connectivity index (χ4v) is 4.63. The number of aromatic nitrogens is 2. The Bertz CT molecular complexity index is 1150. The topological polar surface area (TPSA) is 54.6 Å². The van der Waals surface area contributed by atoms with Crippen LogP contribution in [0.15, 0.2) is 53.1 Å². The molecule has 0 spiro atoms. The Morgan fingerprint density at radius 2 is 1.83 bits per heavy atom. The van der Waals surface area contributed by atoms with Crippen molar-refractivity contribution in [2.45, 2.75) is 20.4 Å². The van der Waals surface area contributed by atoms with Crippen molar-refractivity contribution in [3.05, 3.63) is 64.8 Å². The lowest BCUT2D eigenvalue weighted by Gasteiger charge is -2.33. The molecule has 0 atom stereocenters. The number of rotatable bonds is 5. The molecule has 0 amide bonds. The van der Waals surface area contributed by atoms with E-state index in [0.717, 1.165) is 66.0 Å². The standard InChI is InChI=1S/C23H24N4O2S/c1-16-20(23(28-25-16)18-6-4-3-5-7-18)15-26-10-12-27(13-11-26)29-19-8-9-22-21(14-19)24-17(2)30-22/h3-9,14H,10-13,15H2,1-2H3. The second-order valence-corrected chi connectivity index (χ2v) is 8.84. The molecule has 30 heavy (non-hydrogen) atoms. The summed E-state index contributed by atoms with van der Waals surface area (Å²) >= 11 is 1.71. The molecule has 0 bridgehead atoms.